The molecule has 0 bridgehead atoms. The van der Waals surface area contributed by atoms with Gasteiger partial charge in [-0.1, -0.05) is 6.10 Å². The van der Waals surface area contributed by atoms with Crippen LogP contribution < -0.4 is 15.3 Å². The van der Waals surface area contributed by atoms with Gasteiger partial charge < -0.3 is 49.6 Å². The summed E-state index contributed by atoms with van der Waals surface area (Å²) in [6, 6.07) is 0. The van der Waals surface area contributed by atoms with E-state index in [0.29, 0.717) is 0 Å². The van der Waals surface area contributed by atoms with Crippen molar-refractivity contribution < 1.29 is 66.7 Å². The van der Waals surface area contributed by atoms with Crippen molar-refractivity contribution in [1.29, 1.82) is 0 Å². The van der Waals surface area contributed by atoms with Crippen LogP contribution in [0, 0.1) is 0 Å². The van der Waals surface area contributed by atoms with Crippen LogP contribution in [0.25, 0.3) is 0 Å². The summed E-state index contributed by atoms with van der Waals surface area (Å²) < 4.78 is 15.3. The Kier molecular flexibility index (Phi) is 24.9. The molecule has 4 atom stereocenters. The molecular formula is C13H25FeO10. The monoisotopic (exact) mass is 397 g/mol. The zero-order valence-corrected chi connectivity index (χ0v) is 14.3. The van der Waals surface area contributed by atoms with E-state index in [9.17, 15) is 15.3 Å². The van der Waals surface area contributed by atoms with Crippen LogP contribution in [0.15, 0.2) is 0 Å². The van der Waals surface area contributed by atoms with E-state index in [1.54, 1.807) is 0 Å². The Hall–Kier alpha value is -0.171. The number of carbonyl (C=O) groups is 1. The Bertz CT molecular complexity index is 233. The van der Waals surface area contributed by atoms with Crippen LogP contribution in [0.4, 0.5) is 0 Å². The van der Waals surface area contributed by atoms with E-state index in [1.165, 1.54) is 0 Å². The molecule has 0 aliphatic carbocycles. The minimum Gasteiger partial charge on any atom is -0.855 e. The molecule has 0 fully saturated rings. The van der Waals surface area contributed by atoms with Crippen molar-refractivity contribution in [2.24, 2.45) is 0 Å². The second-order valence-electron chi connectivity index (χ2n) is 4.46. The molecule has 0 aromatic rings. The number of rotatable bonds is 14. The molecule has 0 rings (SSSR count). The molecule has 0 aliphatic rings. The van der Waals surface area contributed by atoms with E-state index in [4.69, 9.17) is 34.3 Å². The van der Waals surface area contributed by atoms with Crippen molar-refractivity contribution in [3.05, 3.63) is 0 Å². The van der Waals surface area contributed by atoms with Crippen molar-refractivity contribution in [2.75, 3.05) is 52.9 Å². The predicted octanol–water partition coefficient (Wildman–Crippen LogP) is -5.62. The SMILES string of the molecule is C=O.[Fe+3].[O-]CC([O-])COCC(COCC(O)CO)OCC([O-])CO. The number of ether oxygens (including phenoxy) is 3. The summed E-state index contributed by atoms with van der Waals surface area (Å²) in [7, 11) is 0. The quantitative estimate of drug-likeness (QED) is 0.240. The molecule has 0 aliphatic heterocycles. The van der Waals surface area contributed by atoms with Crippen LogP contribution >= 0.6 is 0 Å². The molecule has 145 valence electrons. The molecule has 3 N–H and O–H groups in total. The maximum Gasteiger partial charge on any atom is 3.00 e. The van der Waals surface area contributed by atoms with E-state index >= 15 is 0 Å². The molecule has 0 saturated heterocycles. The molecule has 0 amide bonds. The van der Waals surface area contributed by atoms with Gasteiger partial charge in [-0.3, -0.25) is 0 Å². The van der Waals surface area contributed by atoms with Gasteiger partial charge in [-0.25, -0.2) is 0 Å². The van der Waals surface area contributed by atoms with Crippen LogP contribution in [-0.4, -0.2) is 99.4 Å². The molecule has 1 radical (unpaired) electrons. The van der Waals surface area contributed by atoms with E-state index < -0.39 is 44.2 Å². The van der Waals surface area contributed by atoms with E-state index in [1.807, 2.05) is 6.79 Å². The van der Waals surface area contributed by atoms with Crippen LogP contribution in [0.5, 0.6) is 0 Å². The summed E-state index contributed by atoms with van der Waals surface area (Å²) in [5, 5.41) is 58.5. The topological polar surface area (TPSA) is 175 Å². The largest absolute Gasteiger partial charge is 3.00 e. The van der Waals surface area contributed by atoms with Crippen molar-refractivity contribution in [3.8, 4) is 0 Å². The van der Waals surface area contributed by atoms with Crippen molar-refractivity contribution >= 4 is 6.79 Å². The average Bonchev–Trinajstić information content (AvgIpc) is 2.59. The molecule has 0 heterocycles. The van der Waals surface area contributed by atoms with Gasteiger partial charge in [0.1, 0.15) is 19.0 Å². The van der Waals surface area contributed by atoms with E-state index in [0.717, 1.165) is 0 Å². The van der Waals surface area contributed by atoms with Gasteiger partial charge in [0.2, 0.25) is 0 Å². The molecule has 0 aromatic heterocycles. The maximum atomic E-state index is 11.0. The first-order valence-corrected chi connectivity index (χ1v) is 6.88. The van der Waals surface area contributed by atoms with E-state index in [2.05, 4.69) is 0 Å². The fraction of sp³-hybridized carbons (Fsp3) is 0.923. The smallest absolute Gasteiger partial charge is 0.855 e. The Labute approximate surface area is 151 Å². The van der Waals surface area contributed by atoms with Gasteiger partial charge in [0.15, 0.2) is 0 Å². The molecular weight excluding hydrogens is 372 g/mol. The summed E-state index contributed by atoms with van der Waals surface area (Å²) in [6.45, 7) is -0.572. The third-order valence-corrected chi connectivity index (χ3v) is 2.34. The first kappa shape index (κ1) is 28.6. The Morgan fingerprint density at radius 1 is 0.875 bits per heavy atom. The van der Waals surface area contributed by atoms with Gasteiger partial charge in [0.05, 0.1) is 26.4 Å². The first-order chi connectivity index (χ1) is 11.0. The van der Waals surface area contributed by atoms with Crippen LogP contribution in [0.2, 0.25) is 0 Å². The van der Waals surface area contributed by atoms with Gasteiger partial charge >= 0.3 is 17.1 Å². The summed E-state index contributed by atoms with van der Waals surface area (Å²) in [5.41, 5.74) is 0. The van der Waals surface area contributed by atoms with Gasteiger partial charge in [0, 0.05) is 19.8 Å². The zero-order valence-electron chi connectivity index (χ0n) is 13.2. The Morgan fingerprint density at radius 3 is 1.88 bits per heavy atom. The van der Waals surface area contributed by atoms with Crippen LogP contribution in [0.3, 0.4) is 0 Å². The molecule has 0 aromatic carbocycles. The molecule has 4 unspecified atom stereocenters. The summed E-state index contributed by atoms with van der Waals surface area (Å²) in [4.78, 5) is 8.00. The molecule has 10 nitrogen and oxygen atoms in total. The van der Waals surface area contributed by atoms with Crippen molar-refractivity contribution in [3.63, 3.8) is 0 Å². The number of hydrogen-bond acceptors (Lipinski definition) is 10. The number of carbonyl (C=O) groups excluding carboxylic acids is 1. The molecule has 24 heavy (non-hydrogen) atoms. The van der Waals surface area contributed by atoms with Crippen molar-refractivity contribution in [2.45, 2.75) is 24.4 Å². The summed E-state index contributed by atoms with van der Waals surface area (Å²) in [5.74, 6) is 0. The minimum atomic E-state index is -1.37. The zero-order chi connectivity index (χ0) is 18.1. The third kappa shape index (κ3) is 18.2. The van der Waals surface area contributed by atoms with Crippen molar-refractivity contribution in [1.82, 2.24) is 0 Å². The average molecular weight is 397 g/mol. The predicted molar refractivity (Wildman–Crippen MR) is 71.1 cm³/mol. The molecule has 0 saturated carbocycles. The van der Waals surface area contributed by atoms with Gasteiger partial charge in [-0.15, -0.1) is 6.10 Å². The van der Waals surface area contributed by atoms with E-state index in [-0.39, 0.29) is 50.1 Å². The maximum absolute atomic E-state index is 11.0. The van der Waals surface area contributed by atoms with Gasteiger partial charge in [0.25, 0.3) is 0 Å². The number of aliphatic hydroxyl groups excluding tert-OH is 3. The Morgan fingerprint density at radius 2 is 1.42 bits per heavy atom. The standard InChI is InChI=1S/C12H23O9.CH2O.Fe/c13-1-9(16)4-19-7-12(21-6-11(18)3-15)8-20-5-10(17)2-14;1-2;/h9-13,15-16H,1-8H2;1H2;/q-3;;+3. The number of aliphatic hydroxyl groups is 3. The third-order valence-electron chi connectivity index (χ3n) is 2.34. The summed E-state index contributed by atoms with van der Waals surface area (Å²) in [6.07, 6.45) is -4.38. The van der Waals surface area contributed by atoms with Gasteiger partial charge in [-0.2, -0.15) is 6.61 Å². The second kappa shape index (κ2) is 20.9. The fourth-order valence-corrected chi connectivity index (χ4v) is 1.21. The van der Waals surface area contributed by atoms with Crippen LogP contribution in [-0.2, 0) is 36.1 Å². The molecule has 0 spiro atoms. The Balaban J connectivity index is -0.00000141. The number of hydrogen-bond donors (Lipinski definition) is 3. The fourth-order valence-electron chi connectivity index (χ4n) is 1.21. The second-order valence-corrected chi connectivity index (χ2v) is 4.46. The normalized spacial score (nSPS) is 15.4. The summed E-state index contributed by atoms with van der Waals surface area (Å²) >= 11 is 0. The van der Waals surface area contributed by atoms with Crippen LogP contribution in [0.1, 0.15) is 0 Å². The molecule has 11 heteroatoms. The van der Waals surface area contributed by atoms with Gasteiger partial charge in [-0.05, 0) is 0 Å². The minimum absolute atomic E-state index is 0. The first-order valence-electron chi connectivity index (χ1n) is 6.88.